The third kappa shape index (κ3) is 1.73. The van der Waals surface area contributed by atoms with E-state index in [1.54, 1.807) is 16.3 Å². The second-order valence-electron chi connectivity index (χ2n) is 4.89. The molecule has 0 N–H and O–H groups in total. The maximum Gasteiger partial charge on any atom is 0.258 e. The summed E-state index contributed by atoms with van der Waals surface area (Å²) < 4.78 is 3.32. The molecule has 0 unspecified atom stereocenters. The van der Waals surface area contributed by atoms with Crippen molar-refractivity contribution in [2.45, 2.75) is 26.9 Å². The molecule has 1 aliphatic heterocycles. The molecular formula is C12H16N6O. The number of rotatable bonds is 1. The van der Waals surface area contributed by atoms with Crippen molar-refractivity contribution in [3.8, 4) is 0 Å². The number of nitrogens with zero attached hydrogens (tertiary/aromatic N) is 6. The highest BCUT2D eigenvalue weighted by Crippen LogP contribution is 2.23. The Hall–Kier alpha value is -2.18. The smallest absolute Gasteiger partial charge is 0.258 e. The summed E-state index contributed by atoms with van der Waals surface area (Å²) in [5.41, 5.74) is 1.64. The van der Waals surface area contributed by atoms with E-state index in [0.717, 1.165) is 28.9 Å². The zero-order valence-electron chi connectivity index (χ0n) is 11.5. The molecule has 2 aromatic heterocycles. The zero-order chi connectivity index (χ0) is 13.7. The summed E-state index contributed by atoms with van der Waals surface area (Å²) in [7, 11) is 3.61. The lowest BCUT2D eigenvalue weighted by Crippen LogP contribution is -2.25. The van der Waals surface area contributed by atoms with Crippen molar-refractivity contribution in [2.24, 2.45) is 14.1 Å². The molecule has 7 heteroatoms. The molecule has 0 aromatic carbocycles. The van der Waals surface area contributed by atoms with Gasteiger partial charge >= 0.3 is 0 Å². The van der Waals surface area contributed by atoms with Crippen molar-refractivity contribution in [3.63, 3.8) is 0 Å². The fraction of sp³-hybridized carbons (Fsp3) is 0.500. The molecule has 7 nitrogen and oxygen atoms in total. The third-order valence-corrected chi connectivity index (χ3v) is 3.51. The molecule has 0 radical (unpaired) electrons. The Kier molecular flexibility index (Phi) is 2.44. The molecule has 0 saturated carbocycles. The Balaban J connectivity index is 2.03. The van der Waals surface area contributed by atoms with E-state index in [9.17, 15) is 4.79 Å². The molecule has 19 heavy (non-hydrogen) atoms. The third-order valence-electron chi connectivity index (χ3n) is 3.51. The van der Waals surface area contributed by atoms with Crippen molar-refractivity contribution >= 4 is 5.95 Å². The van der Waals surface area contributed by atoms with Gasteiger partial charge < -0.3 is 4.90 Å². The lowest BCUT2D eigenvalue weighted by atomic mass is 10.2. The highest BCUT2D eigenvalue weighted by molar-refractivity contribution is 5.40. The largest absolute Gasteiger partial charge is 0.331 e. The van der Waals surface area contributed by atoms with E-state index in [0.29, 0.717) is 13.1 Å². The van der Waals surface area contributed by atoms with Gasteiger partial charge in [0.1, 0.15) is 11.6 Å². The van der Waals surface area contributed by atoms with Crippen molar-refractivity contribution in [3.05, 3.63) is 33.3 Å². The van der Waals surface area contributed by atoms with Gasteiger partial charge in [-0.2, -0.15) is 10.1 Å². The van der Waals surface area contributed by atoms with Crippen LogP contribution in [0.3, 0.4) is 0 Å². The summed E-state index contributed by atoms with van der Waals surface area (Å²) in [4.78, 5) is 23.1. The van der Waals surface area contributed by atoms with Gasteiger partial charge in [-0.05, 0) is 13.8 Å². The number of aryl methyl sites for hydroxylation is 3. The molecule has 3 rings (SSSR count). The average molecular weight is 260 g/mol. The molecular weight excluding hydrogens is 244 g/mol. The van der Waals surface area contributed by atoms with E-state index < -0.39 is 0 Å². The molecule has 0 fully saturated rings. The average Bonchev–Trinajstić information content (AvgIpc) is 2.90. The molecule has 2 aromatic rings. The summed E-state index contributed by atoms with van der Waals surface area (Å²) in [5.74, 6) is 2.24. The highest BCUT2D eigenvalue weighted by atomic mass is 16.1. The minimum absolute atomic E-state index is 0.0314. The van der Waals surface area contributed by atoms with Crippen LogP contribution in [0.1, 0.15) is 22.9 Å². The lowest BCUT2D eigenvalue weighted by molar-refractivity contribution is 0.709. The maximum atomic E-state index is 12.2. The lowest BCUT2D eigenvalue weighted by Gasteiger charge is -2.14. The van der Waals surface area contributed by atoms with Crippen LogP contribution in [0.25, 0.3) is 0 Å². The fourth-order valence-corrected chi connectivity index (χ4v) is 2.45. The van der Waals surface area contributed by atoms with Crippen LogP contribution in [-0.4, -0.2) is 24.3 Å². The van der Waals surface area contributed by atoms with E-state index >= 15 is 0 Å². The van der Waals surface area contributed by atoms with E-state index in [1.807, 2.05) is 25.8 Å². The van der Waals surface area contributed by atoms with Crippen molar-refractivity contribution in [1.29, 1.82) is 0 Å². The normalized spacial score (nSPS) is 14.0. The first-order chi connectivity index (χ1) is 8.97. The summed E-state index contributed by atoms with van der Waals surface area (Å²) >= 11 is 0. The first-order valence-electron chi connectivity index (χ1n) is 6.15. The zero-order valence-corrected chi connectivity index (χ0v) is 11.5. The van der Waals surface area contributed by atoms with Gasteiger partial charge in [0.25, 0.3) is 5.56 Å². The van der Waals surface area contributed by atoms with Crippen LogP contribution in [0, 0.1) is 13.8 Å². The Bertz CT molecular complexity index is 714. The predicted molar refractivity (Wildman–Crippen MR) is 69.8 cm³/mol. The van der Waals surface area contributed by atoms with Crippen LogP contribution < -0.4 is 10.5 Å². The van der Waals surface area contributed by atoms with Gasteiger partial charge in [-0.3, -0.25) is 9.36 Å². The molecule has 0 atom stereocenters. The van der Waals surface area contributed by atoms with Gasteiger partial charge in [0.15, 0.2) is 0 Å². The predicted octanol–water partition coefficient (Wildman–Crippen LogP) is 0.0458. The van der Waals surface area contributed by atoms with Crippen molar-refractivity contribution in [2.75, 3.05) is 4.90 Å². The van der Waals surface area contributed by atoms with E-state index in [4.69, 9.17) is 0 Å². The van der Waals surface area contributed by atoms with Gasteiger partial charge in [-0.15, -0.1) is 0 Å². The second-order valence-corrected chi connectivity index (χ2v) is 4.89. The number of hydrogen-bond donors (Lipinski definition) is 0. The molecule has 0 amide bonds. The molecule has 0 bridgehead atoms. The molecule has 3 heterocycles. The Morgan fingerprint density at radius 1 is 1.11 bits per heavy atom. The standard InChI is InChI=1S/C12H16N6O/c1-7-13-12(17(4)15-7)18-5-9-10(6-18)14-8(2)16(3)11(9)19/h5-6H2,1-4H3. The molecule has 0 aliphatic carbocycles. The Morgan fingerprint density at radius 2 is 1.84 bits per heavy atom. The topological polar surface area (TPSA) is 68.8 Å². The SMILES string of the molecule is Cc1nc(N2Cc3nc(C)n(C)c(=O)c3C2)n(C)n1. The van der Waals surface area contributed by atoms with Crippen LogP contribution in [0.4, 0.5) is 5.95 Å². The summed E-state index contributed by atoms with van der Waals surface area (Å²) in [6.45, 7) is 4.85. The van der Waals surface area contributed by atoms with Crippen LogP contribution in [-0.2, 0) is 27.2 Å². The molecule has 1 aliphatic rings. The van der Waals surface area contributed by atoms with E-state index in [2.05, 4.69) is 15.1 Å². The van der Waals surface area contributed by atoms with E-state index in [1.165, 1.54) is 0 Å². The van der Waals surface area contributed by atoms with Crippen molar-refractivity contribution < 1.29 is 0 Å². The van der Waals surface area contributed by atoms with Crippen LogP contribution in [0.2, 0.25) is 0 Å². The van der Waals surface area contributed by atoms with Crippen LogP contribution in [0.5, 0.6) is 0 Å². The van der Waals surface area contributed by atoms with Gasteiger partial charge in [0, 0.05) is 14.1 Å². The van der Waals surface area contributed by atoms with Gasteiger partial charge in [0.2, 0.25) is 5.95 Å². The van der Waals surface area contributed by atoms with Gasteiger partial charge in [-0.1, -0.05) is 0 Å². The highest BCUT2D eigenvalue weighted by Gasteiger charge is 2.27. The van der Waals surface area contributed by atoms with E-state index in [-0.39, 0.29) is 5.56 Å². The number of anilines is 1. The summed E-state index contributed by atoms with van der Waals surface area (Å²) in [6.07, 6.45) is 0. The minimum Gasteiger partial charge on any atom is -0.331 e. The first-order valence-corrected chi connectivity index (χ1v) is 6.15. The summed E-state index contributed by atoms with van der Waals surface area (Å²) in [5, 5.41) is 4.24. The number of fused-ring (bicyclic) bond motifs is 1. The maximum absolute atomic E-state index is 12.2. The Labute approximate surface area is 110 Å². The number of hydrogen-bond acceptors (Lipinski definition) is 5. The van der Waals surface area contributed by atoms with Crippen LogP contribution in [0.15, 0.2) is 4.79 Å². The first kappa shape index (κ1) is 11.9. The second kappa shape index (κ2) is 3.91. The van der Waals surface area contributed by atoms with Crippen molar-refractivity contribution in [1.82, 2.24) is 24.3 Å². The van der Waals surface area contributed by atoms with Gasteiger partial charge in [-0.25, -0.2) is 9.67 Å². The summed E-state index contributed by atoms with van der Waals surface area (Å²) in [6, 6.07) is 0. The fourth-order valence-electron chi connectivity index (χ4n) is 2.45. The monoisotopic (exact) mass is 260 g/mol. The molecule has 0 saturated heterocycles. The quantitative estimate of drug-likeness (QED) is 0.724. The van der Waals surface area contributed by atoms with Crippen LogP contribution >= 0.6 is 0 Å². The molecule has 0 spiro atoms. The molecule has 100 valence electrons. The Morgan fingerprint density at radius 3 is 2.47 bits per heavy atom. The minimum atomic E-state index is 0.0314. The number of aromatic nitrogens is 5. The van der Waals surface area contributed by atoms with Gasteiger partial charge in [0.05, 0.1) is 24.3 Å².